The van der Waals surface area contributed by atoms with Crippen molar-refractivity contribution in [1.82, 2.24) is 0 Å². The van der Waals surface area contributed by atoms with Gasteiger partial charge in [-0.15, -0.1) is 0 Å². The van der Waals surface area contributed by atoms with E-state index in [0.29, 0.717) is 11.7 Å². The normalized spacial score (nSPS) is 21.2. The average molecular weight is 258 g/mol. The number of carbonyl (C=O) groups excluding carboxylic acids is 1. The van der Waals surface area contributed by atoms with Gasteiger partial charge >= 0.3 is 0 Å². The summed E-state index contributed by atoms with van der Waals surface area (Å²) in [5.41, 5.74) is 2.70. The Balaban J connectivity index is 1.99. The van der Waals surface area contributed by atoms with Crippen LogP contribution < -0.4 is 0 Å². The molecule has 1 aromatic carbocycles. The third kappa shape index (κ3) is 4.19. The summed E-state index contributed by atoms with van der Waals surface area (Å²) in [5.74, 6) is 1.34. The second-order valence-electron chi connectivity index (χ2n) is 6.22. The molecule has 1 atom stereocenters. The van der Waals surface area contributed by atoms with Crippen LogP contribution in [-0.4, -0.2) is 5.78 Å². The molecule has 0 radical (unpaired) electrons. The highest BCUT2D eigenvalue weighted by molar-refractivity contribution is 5.81. The van der Waals surface area contributed by atoms with Crippen LogP contribution in [0.1, 0.15) is 69.4 Å². The molecular formula is C18H26O. The van der Waals surface area contributed by atoms with Gasteiger partial charge in [0, 0.05) is 12.3 Å². The fourth-order valence-corrected chi connectivity index (χ4v) is 2.95. The van der Waals surface area contributed by atoms with E-state index in [2.05, 4.69) is 38.1 Å². The van der Waals surface area contributed by atoms with Gasteiger partial charge in [-0.3, -0.25) is 4.79 Å². The van der Waals surface area contributed by atoms with Crippen LogP contribution in [0.5, 0.6) is 0 Å². The first kappa shape index (κ1) is 14.3. The van der Waals surface area contributed by atoms with Gasteiger partial charge in [0.05, 0.1) is 0 Å². The Morgan fingerprint density at radius 1 is 1.05 bits per heavy atom. The van der Waals surface area contributed by atoms with Crippen LogP contribution in [0.3, 0.4) is 0 Å². The summed E-state index contributed by atoms with van der Waals surface area (Å²) < 4.78 is 0. The topological polar surface area (TPSA) is 17.1 Å². The van der Waals surface area contributed by atoms with Gasteiger partial charge in [0.2, 0.25) is 0 Å². The van der Waals surface area contributed by atoms with E-state index in [9.17, 15) is 4.79 Å². The van der Waals surface area contributed by atoms with Crippen molar-refractivity contribution < 1.29 is 4.79 Å². The molecule has 19 heavy (non-hydrogen) atoms. The van der Waals surface area contributed by atoms with E-state index in [1.54, 1.807) is 0 Å². The lowest BCUT2D eigenvalue weighted by Gasteiger charge is -2.19. The van der Waals surface area contributed by atoms with Crippen molar-refractivity contribution in [3.8, 4) is 0 Å². The Morgan fingerprint density at radius 2 is 1.74 bits per heavy atom. The van der Waals surface area contributed by atoms with Gasteiger partial charge in [-0.2, -0.15) is 0 Å². The molecular weight excluding hydrogens is 232 g/mol. The Labute approximate surface area is 117 Å². The number of rotatable bonds is 3. The van der Waals surface area contributed by atoms with Crippen molar-refractivity contribution in [2.75, 3.05) is 0 Å². The molecule has 2 rings (SSSR count). The predicted octanol–water partition coefficient (Wildman–Crippen LogP) is 4.89. The van der Waals surface area contributed by atoms with E-state index < -0.39 is 0 Å². The van der Waals surface area contributed by atoms with Crippen LogP contribution in [0.4, 0.5) is 0 Å². The summed E-state index contributed by atoms with van der Waals surface area (Å²) >= 11 is 0. The van der Waals surface area contributed by atoms with Crippen molar-refractivity contribution in [3.63, 3.8) is 0 Å². The third-order valence-corrected chi connectivity index (χ3v) is 4.31. The summed E-state index contributed by atoms with van der Waals surface area (Å²) in [6.45, 7) is 4.43. The zero-order valence-corrected chi connectivity index (χ0v) is 12.3. The summed E-state index contributed by atoms with van der Waals surface area (Å²) in [6.07, 6.45) is 7.69. The molecule has 1 nitrogen and oxygen atoms in total. The Bertz CT molecular complexity index is 402. The molecule has 0 saturated heterocycles. The van der Waals surface area contributed by atoms with E-state index in [1.165, 1.54) is 30.4 Å². The molecule has 104 valence electrons. The first-order valence-electron chi connectivity index (χ1n) is 7.78. The number of Topliss-reactive ketones (excluding diaryl/α,β-unsaturated/α-hetero) is 1. The molecule has 0 spiro atoms. The van der Waals surface area contributed by atoms with Gasteiger partial charge in [0.15, 0.2) is 0 Å². The molecule has 1 fully saturated rings. The number of hydrogen-bond acceptors (Lipinski definition) is 1. The largest absolute Gasteiger partial charge is 0.299 e. The Hall–Kier alpha value is -1.11. The summed E-state index contributed by atoms with van der Waals surface area (Å²) in [4.78, 5) is 12.1. The average Bonchev–Trinajstić information content (AvgIpc) is 2.39. The van der Waals surface area contributed by atoms with E-state index in [1.807, 2.05) is 0 Å². The van der Waals surface area contributed by atoms with E-state index in [4.69, 9.17) is 0 Å². The monoisotopic (exact) mass is 258 g/mol. The van der Waals surface area contributed by atoms with Crippen LogP contribution >= 0.6 is 0 Å². The minimum atomic E-state index is 0.269. The molecule has 0 aromatic heterocycles. The summed E-state index contributed by atoms with van der Waals surface area (Å²) in [7, 11) is 0. The van der Waals surface area contributed by atoms with Crippen LogP contribution in [-0.2, 0) is 11.2 Å². The Morgan fingerprint density at radius 3 is 2.42 bits per heavy atom. The lowest BCUT2D eigenvalue weighted by molar-refractivity contribution is -0.123. The van der Waals surface area contributed by atoms with Crippen LogP contribution in [0.25, 0.3) is 0 Å². The van der Waals surface area contributed by atoms with Crippen molar-refractivity contribution in [2.45, 2.75) is 64.7 Å². The van der Waals surface area contributed by atoms with E-state index >= 15 is 0 Å². The minimum Gasteiger partial charge on any atom is -0.299 e. The van der Waals surface area contributed by atoms with Crippen LogP contribution in [0.2, 0.25) is 0 Å². The van der Waals surface area contributed by atoms with Gasteiger partial charge in [0.1, 0.15) is 5.78 Å². The fraction of sp³-hybridized carbons (Fsp3) is 0.611. The van der Waals surface area contributed by atoms with Gasteiger partial charge < -0.3 is 0 Å². The smallest absolute Gasteiger partial charge is 0.136 e. The first-order valence-corrected chi connectivity index (χ1v) is 7.78. The second kappa shape index (κ2) is 6.88. The maximum absolute atomic E-state index is 12.1. The van der Waals surface area contributed by atoms with Crippen molar-refractivity contribution in [2.24, 2.45) is 5.92 Å². The van der Waals surface area contributed by atoms with E-state index in [0.717, 1.165) is 25.7 Å². The lowest BCUT2D eigenvalue weighted by atomic mass is 9.85. The quantitative estimate of drug-likeness (QED) is 0.754. The maximum Gasteiger partial charge on any atom is 0.136 e. The molecule has 0 aliphatic heterocycles. The van der Waals surface area contributed by atoms with Gasteiger partial charge in [-0.1, -0.05) is 57.4 Å². The van der Waals surface area contributed by atoms with Crippen LogP contribution in [0, 0.1) is 5.92 Å². The standard InChI is InChI=1S/C18H26O/c1-14(2)16-11-9-15(10-12-16)13-17-7-5-3-4-6-8-18(17)19/h9-12,14,17H,3-8,13H2,1-2H3. The number of ketones is 1. The Kier molecular flexibility index (Phi) is 5.18. The molecule has 1 aromatic rings. The molecule has 0 amide bonds. The van der Waals surface area contributed by atoms with Crippen molar-refractivity contribution in [1.29, 1.82) is 0 Å². The zero-order valence-electron chi connectivity index (χ0n) is 12.3. The van der Waals surface area contributed by atoms with Crippen molar-refractivity contribution >= 4 is 5.78 Å². The molecule has 0 N–H and O–H groups in total. The SMILES string of the molecule is CC(C)c1ccc(CC2CCCCCCC2=O)cc1. The van der Waals surface area contributed by atoms with Crippen molar-refractivity contribution in [3.05, 3.63) is 35.4 Å². The first-order chi connectivity index (χ1) is 9.16. The number of benzene rings is 1. The predicted molar refractivity (Wildman–Crippen MR) is 80.4 cm³/mol. The van der Waals surface area contributed by atoms with E-state index in [-0.39, 0.29) is 5.92 Å². The maximum atomic E-state index is 12.1. The molecule has 1 saturated carbocycles. The molecule has 1 aliphatic rings. The highest BCUT2D eigenvalue weighted by atomic mass is 16.1. The lowest BCUT2D eigenvalue weighted by Crippen LogP contribution is -2.18. The summed E-state index contributed by atoms with van der Waals surface area (Å²) in [6, 6.07) is 8.85. The van der Waals surface area contributed by atoms with Gasteiger partial charge in [0.25, 0.3) is 0 Å². The second-order valence-corrected chi connectivity index (χ2v) is 6.22. The zero-order chi connectivity index (χ0) is 13.7. The number of hydrogen-bond donors (Lipinski definition) is 0. The highest BCUT2D eigenvalue weighted by Gasteiger charge is 2.19. The highest BCUT2D eigenvalue weighted by Crippen LogP contribution is 2.24. The minimum absolute atomic E-state index is 0.269. The number of carbonyl (C=O) groups is 1. The molecule has 1 unspecified atom stereocenters. The van der Waals surface area contributed by atoms with Gasteiger partial charge in [-0.05, 0) is 36.3 Å². The molecule has 0 heterocycles. The molecule has 1 aliphatic carbocycles. The molecule has 0 bridgehead atoms. The van der Waals surface area contributed by atoms with Gasteiger partial charge in [-0.25, -0.2) is 0 Å². The third-order valence-electron chi connectivity index (χ3n) is 4.31. The fourth-order valence-electron chi connectivity index (χ4n) is 2.95. The van der Waals surface area contributed by atoms with Crippen LogP contribution in [0.15, 0.2) is 24.3 Å². The summed E-state index contributed by atoms with van der Waals surface area (Å²) in [5, 5.41) is 0. The molecule has 1 heteroatoms.